The van der Waals surface area contributed by atoms with E-state index in [1.54, 1.807) is 0 Å². The minimum absolute atomic E-state index is 0.315. The minimum atomic E-state index is -2.92. The van der Waals surface area contributed by atoms with Crippen LogP contribution in [-0.2, 0) is 18.1 Å². The van der Waals surface area contributed by atoms with Crippen molar-refractivity contribution >= 4 is 25.7 Å². The summed E-state index contributed by atoms with van der Waals surface area (Å²) >= 11 is 1.53. The molecule has 5 nitrogen and oxygen atoms in total. The highest BCUT2D eigenvalue weighted by Gasteiger charge is 2.41. The highest BCUT2D eigenvalue weighted by atomic mass is 32.2. The fourth-order valence-electron chi connectivity index (χ4n) is 8.17. The van der Waals surface area contributed by atoms with Crippen molar-refractivity contribution in [2.75, 3.05) is 32.6 Å². The summed E-state index contributed by atoms with van der Waals surface area (Å²) in [6, 6.07) is 1.13. The molecule has 0 aromatic heterocycles. The van der Waals surface area contributed by atoms with Gasteiger partial charge in [0.2, 0.25) is 0 Å². The summed E-state index contributed by atoms with van der Waals surface area (Å²) in [6.45, 7) is 11.2. The van der Waals surface area contributed by atoms with Gasteiger partial charge in [0.25, 0.3) is 0 Å². The number of likely N-dealkylation sites (N-methyl/N-ethyl adjacent to an activating group) is 1. The molecule has 0 spiro atoms. The van der Waals surface area contributed by atoms with Crippen LogP contribution in [0.25, 0.3) is 0 Å². The predicted octanol–water partition coefficient (Wildman–Crippen LogP) is 17.5. The number of hydrogen-bond donors (Lipinski definition) is 1. The molecule has 0 aliphatic heterocycles. The summed E-state index contributed by atoms with van der Waals surface area (Å²) in [5.41, 5.74) is 0. The molecule has 59 heavy (non-hydrogen) atoms. The summed E-state index contributed by atoms with van der Waals surface area (Å²) in [4.78, 5) is 12.7. The molecule has 0 amide bonds. The Morgan fingerprint density at radius 2 is 0.780 bits per heavy atom. The molecule has 7 heteroatoms. The highest BCUT2D eigenvalue weighted by molar-refractivity contribution is 8.13. The smallest absolute Gasteiger partial charge is 0.373 e. The fraction of sp³-hybridized carbons (Fsp3) is 0.981. The van der Waals surface area contributed by atoms with E-state index in [0.29, 0.717) is 24.2 Å². The largest absolute Gasteiger partial charge is 0.501 e. The van der Waals surface area contributed by atoms with Crippen LogP contribution in [0.5, 0.6) is 0 Å². The van der Waals surface area contributed by atoms with Gasteiger partial charge in [0.15, 0.2) is 5.12 Å². The topological polar surface area (TPSA) is 56.8 Å². The Morgan fingerprint density at radius 1 is 0.441 bits per heavy atom. The van der Waals surface area contributed by atoms with Crippen molar-refractivity contribution < 1.29 is 18.1 Å². The van der Waals surface area contributed by atoms with Gasteiger partial charge < -0.3 is 18.6 Å². The van der Waals surface area contributed by atoms with Gasteiger partial charge in [0, 0.05) is 37.5 Å². The zero-order valence-corrected chi connectivity index (χ0v) is 42.8. The van der Waals surface area contributed by atoms with Crippen LogP contribution in [0.1, 0.15) is 285 Å². The lowest BCUT2D eigenvalue weighted by Gasteiger charge is -2.32. The van der Waals surface area contributed by atoms with E-state index in [0.717, 1.165) is 57.1 Å². The van der Waals surface area contributed by atoms with Gasteiger partial charge in [-0.3, -0.25) is 4.79 Å². The van der Waals surface area contributed by atoms with Crippen LogP contribution in [0.2, 0.25) is 6.04 Å². The van der Waals surface area contributed by atoms with E-state index < -0.39 is 8.80 Å². The quantitative estimate of drug-likeness (QED) is 0.0485. The average molecular weight is 871 g/mol. The van der Waals surface area contributed by atoms with Crippen molar-refractivity contribution in [1.82, 2.24) is 5.32 Å². The second kappa shape index (κ2) is 49.1. The Labute approximate surface area is 376 Å². The number of carbonyl (C=O) groups excluding carboxylic acids is 1. The third kappa shape index (κ3) is 43.1. The molecule has 1 atom stereocenters. The number of nitrogens with one attached hydrogen (secondary N) is 1. The first kappa shape index (κ1) is 59.1. The lowest BCUT2D eigenvalue weighted by molar-refractivity contribution is -0.111. The number of carbonyl (C=O) groups is 1. The molecule has 354 valence electrons. The van der Waals surface area contributed by atoms with Crippen LogP contribution < -0.4 is 5.32 Å². The Morgan fingerprint density at radius 3 is 1.15 bits per heavy atom. The summed E-state index contributed by atoms with van der Waals surface area (Å²) in [5, 5.41) is 3.94. The average Bonchev–Trinajstić information content (AvgIpc) is 3.24. The van der Waals surface area contributed by atoms with E-state index in [1.807, 2.05) is 0 Å². The predicted molar refractivity (Wildman–Crippen MR) is 266 cm³/mol. The molecule has 1 unspecified atom stereocenters. The molecule has 0 fully saturated rings. The van der Waals surface area contributed by atoms with Crippen molar-refractivity contribution in [3.05, 3.63) is 0 Å². The molecule has 0 aliphatic carbocycles. The highest BCUT2D eigenvalue weighted by Crippen LogP contribution is 2.24. The summed E-state index contributed by atoms with van der Waals surface area (Å²) in [7, 11) is -0.821. The van der Waals surface area contributed by atoms with Gasteiger partial charge in [0.1, 0.15) is 0 Å². The van der Waals surface area contributed by atoms with Gasteiger partial charge in [-0.05, 0) is 39.2 Å². The Bertz CT molecular complexity index is 798. The lowest BCUT2D eigenvalue weighted by Crippen LogP contribution is -2.49. The molecule has 0 aromatic rings. The summed E-state index contributed by atoms with van der Waals surface area (Å²) in [6.07, 6.45) is 51.8. The summed E-state index contributed by atoms with van der Waals surface area (Å²) in [5.74, 6) is 0.836. The molecule has 0 saturated carbocycles. The Hall–Kier alpha value is 0.0769. The van der Waals surface area contributed by atoms with E-state index in [-0.39, 0.29) is 0 Å². The van der Waals surface area contributed by atoms with Crippen molar-refractivity contribution in [2.24, 2.45) is 0 Å². The van der Waals surface area contributed by atoms with Gasteiger partial charge in [-0.2, -0.15) is 0 Å². The van der Waals surface area contributed by atoms with E-state index >= 15 is 0 Å². The Balaban J connectivity index is 5.02. The normalized spacial score (nSPS) is 12.5. The van der Waals surface area contributed by atoms with E-state index in [2.05, 4.69) is 40.1 Å². The monoisotopic (exact) mass is 870 g/mol. The van der Waals surface area contributed by atoms with Crippen molar-refractivity contribution in [2.45, 2.75) is 297 Å². The van der Waals surface area contributed by atoms with Crippen molar-refractivity contribution in [3.8, 4) is 0 Å². The van der Waals surface area contributed by atoms with Crippen LogP contribution in [-0.4, -0.2) is 52.6 Å². The minimum Gasteiger partial charge on any atom is -0.373 e. The van der Waals surface area contributed by atoms with Gasteiger partial charge in [0.05, 0.1) is 6.61 Å². The molecule has 0 bridgehead atoms. The van der Waals surface area contributed by atoms with Gasteiger partial charge >= 0.3 is 8.80 Å². The third-order valence-corrected chi connectivity index (χ3v) is 16.2. The van der Waals surface area contributed by atoms with Crippen LogP contribution in [0, 0.1) is 0 Å². The van der Waals surface area contributed by atoms with Crippen LogP contribution in [0.3, 0.4) is 0 Å². The SMILES string of the molecule is CCCCCCCCCCCCCCCCCCC(CO[Si](CCCSC(=O)CCCCCCC)(OCCCCCCCCCC)OCCCCCCCCCC)NC. The molecular formula is C52H107NO4SSi. The first-order valence-electron chi connectivity index (χ1n) is 26.8. The Kier molecular flexibility index (Phi) is 49.2. The molecule has 0 saturated heterocycles. The fourth-order valence-corrected chi connectivity index (χ4v) is 11.9. The maximum atomic E-state index is 12.7. The maximum Gasteiger partial charge on any atom is 0.501 e. The molecule has 1 N–H and O–H groups in total. The van der Waals surface area contributed by atoms with E-state index in [1.165, 1.54) is 230 Å². The second-order valence-corrected chi connectivity index (χ2v) is 22.1. The number of hydrogen-bond acceptors (Lipinski definition) is 6. The zero-order valence-electron chi connectivity index (χ0n) is 40.9. The number of thioether (sulfide) groups is 1. The molecule has 0 aliphatic rings. The summed E-state index contributed by atoms with van der Waals surface area (Å²) < 4.78 is 20.7. The lowest BCUT2D eigenvalue weighted by atomic mass is 10.0. The van der Waals surface area contributed by atoms with Gasteiger partial charge in [-0.25, -0.2) is 0 Å². The van der Waals surface area contributed by atoms with Crippen LogP contribution in [0.4, 0.5) is 0 Å². The molecular weight excluding hydrogens is 763 g/mol. The van der Waals surface area contributed by atoms with Gasteiger partial charge in [-0.1, -0.05) is 258 Å². The third-order valence-electron chi connectivity index (χ3n) is 12.3. The second-order valence-electron chi connectivity index (χ2n) is 18.2. The van der Waals surface area contributed by atoms with E-state index in [4.69, 9.17) is 13.3 Å². The van der Waals surface area contributed by atoms with Crippen LogP contribution >= 0.6 is 11.8 Å². The first-order valence-corrected chi connectivity index (χ1v) is 29.7. The van der Waals surface area contributed by atoms with Crippen LogP contribution in [0.15, 0.2) is 0 Å². The molecule has 0 heterocycles. The maximum absolute atomic E-state index is 12.7. The van der Waals surface area contributed by atoms with Gasteiger partial charge in [-0.15, -0.1) is 0 Å². The van der Waals surface area contributed by atoms with E-state index in [9.17, 15) is 4.79 Å². The number of rotatable bonds is 51. The molecule has 0 aromatic carbocycles. The van der Waals surface area contributed by atoms with Crippen molar-refractivity contribution in [1.29, 1.82) is 0 Å². The van der Waals surface area contributed by atoms with Crippen molar-refractivity contribution in [3.63, 3.8) is 0 Å². The first-order chi connectivity index (χ1) is 29.1. The number of unbranched alkanes of at least 4 members (excludes halogenated alkanes) is 33. The molecule has 0 rings (SSSR count). The zero-order chi connectivity index (χ0) is 43.0. The standard InChI is InChI=1S/C52H107NO4SSi/c1-6-10-14-18-21-24-25-26-27-28-29-30-31-32-36-39-44-51(53-5)50-57-59(55-46-41-37-33-22-19-15-11-7-2,56-47-42-38-34-23-20-16-12-8-3)49-43-48-58-52(54)45-40-35-17-13-9-4/h51,53H,6-50H2,1-5H3. The molecule has 0 radical (unpaired) electrons.